The summed E-state index contributed by atoms with van der Waals surface area (Å²) in [6, 6.07) is 62.8. The Labute approximate surface area is 325 Å². The van der Waals surface area contributed by atoms with Crippen LogP contribution in [0, 0.1) is 0 Å². The molecule has 0 fully saturated rings. The Bertz CT molecular complexity index is 3450. The number of fused-ring (bicyclic) bond motifs is 9. The van der Waals surface area contributed by atoms with Crippen LogP contribution >= 0.6 is 0 Å². The van der Waals surface area contributed by atoms with E-state index in [1.165, 1.54) is 21.8 Å². The first-order chi connectivity index (χ1) is 28.2. The smallest absolute Gasteiger partial charge is 0.164 e. The van der Waals surface area contributed by atoms with Gasteiger partial charge in [-0.05, 0) is 77.9 Å². The number of para-hydroxylation sites is 2. The number of hydrogen-bond acceptors (Lipinski definition) is 5. The van der Waals surface area contributed by atoms with Gasteiger partial charge in [-0.25, -0.2) is 15.0 Å². The highest BCUT2D eigenvalue weighted by atomic mass is 16.3. The van der Waals surface area contributed by atoms with Crippen LogP contribution < -0.4 is 0 Å². The fourth-order valence-electron chi connectivity index (χ4n) is 8.31. The van der Waals surface area contributed by atoms with E-state index in [2.05, 4.69) is 120 Å². The van der Waals surface area contributed by atoms with E-state index >= 15 is 0 Å². The van der Waals surface area contributed by atoms with Gasteiger partial charge in [0.05, 0.1) is 11.0 Å². The van der Waals surface area contributed by atoms with Crippen LogP contribution in [-0.2, 0) is 0 Å². The fourth-order valence-corrected chi connectivity index (χ4v) is 8.31. The highest BCUT2D eigenvalue weighted by Crippen LogP contribution is 2.40. The maximum atomic E-state index is 6.59. The second kappa shape index (κ2) is 12.3. The van der Waals surface area contributed by atoms with Crippen molar-refractivity contribution in [1.82, 2.24) is 19.5 Å². The highest BCUT2D eigenvalue weighted by Gasteiger charge is 2.18. The van der Waals surface area contributed by atoms with Crippen LogP contribution in [0.3, 0.4) is 0 Å². The van der Waals surface area contributed by atoms with E-state index < -0.39 is 0 Å². The normalized spacial score (nSPS) is 11.9. The molecule has 266 valence electrons. The summed E-state index contributed by atoms with van der Waals surface area (Å²) in [6.07, 6.45) is 0. The molecule has 0 saturated carbocycles. The molecule has 0 unspecified atom stereocenters. The van der Waals surface area contributed by atoms with Crippen molar-refractivity contribution in [3.05, 3.63) is 182 Å². The molecule has 4 aromatic heterocycles. The summed E-state index contributed by atoms with van der Waals surface area (Å²) >= 11 is 0. The molecule has 6 nitrogen and oxygen atoms in total. The zero-order chi connectivity index (χ0) is 37.5. The van der Waals surface area contributed by atoms with Gasteiger partial charge in [0.1, 0.15) is 22.3 Å². The molecule has 0 atom stereocenters. The third-order valence-corrected chi connectivity index (χ3v) is 11.0. The minimum absolute atomic E-state index is 0.585. The summed E-state index contributed by atoms with van der Waals surface area (Å²) < 4.78 is 15.5. The standard InChI is InChI=1S/C51H30N4O2/c1-4-12-31(13-5-1)49-52-50(32-14-6-2-7-15-32)54-51(53-49)35-21-24-39-42-30-47-41(29-48(42)57-46(39)28-35)38-23-20-34(27-45(38)56-47)33-22-25-44-40(26-33)37-18-10-11-19-43(37)55(44)36-16-8-3-9-17-36/h1-30H. The first kappa shape index (κ1) is 31.5. The maximum Gasteiger partial charge on any atom is 0.164 e. The van der Waals surface area contributed by atoms with Gasteiger partial charge in [0.15, 0.2) is 17.5 Å². The molecule has 0 aliphatic rings. The molecular formula is C51H30N4O2. The third-order valence-electron chi connectivity index (χ3n) is 11.0. The zero-order valence-corrected chi connectivity index (χ0v) is 30.4. The van der Waals surface area contributed by atoms with Crippen LogP contribution in [0.5, 0.6) is 0 Å². The fraction of sp³-hybridized carbons (Fsp3) is 0. The molecular weight excluding hydrogens is 701 g/mol. The van der Waals surface area contributed by atoms with Crippen LogP contribution in [0.2, 0.25) is 0 Å². The summed E-state index contributed by atoms with van der Waals surface area (Å²) in [5, 5.41) is 6.50. The van der Waals surface area contributed by atoms with E-state index in [0.29, 0.717) is 17.5 Å². The van der Waals surface area contributed by atoms with Crippen molar-refractivity contribution >= 4 is 65.7 Å². The van der Waals surface area contributed by atoms with E-state index in [0.717, 1.165) is 77.4 Å². The molecule has 8 aromatic carbocycles. The van der Waals surface area contributed by atoms with Crippen molar-refractivity contribution in [3.8, 4) is 51.0 Å². The van der Waals surface area contributed by atoms with E-state index in [1.807, 2.05) is 66.7 Å². The number of rotatable bonds is 5. The number of furan rings is 2. The van der Waals surface area contributed by atoms with E-state index in [4.69, 9.17) is 23.8 Å². The van der Waals surface area contributed by atoms with Crippen molar-refractivity contribution < 1.29 is 8.83 Å². The average molecular weight is 731 g/mol. The molecule has 4 heterocycles. The Morgan fingerprint density at radius 3 is 1.39 bits per heavy atom. The number of hydrogen-bond donors (Lipinski definition) is 0. The molecule has 12 aromatic rings. The monoisotopic (exact) mass is 730 g/mol. The molecule has 0 amide bonds. The second-order valence-electron chi connectivity index (χ2n) is 14.4. The van der Waals surface area contributed by atoms with Crippen molar-refractivity contribution in [2.75, 3.05) is 0 Å². The van der Waals surface area contributed by atoms with E-state index in [-0.39, 0.29) is 0 Å². The lowest BCUT2D eigenvalue weighted by molar-refractivity contribution is 0.664. The van der Waals surface area contributed by atoms with Gasteiger partial charge in [-0.1, -0.05) is 115 Å². The van der Waals surface area contributed by atoms with Crippen molar-refractivity contribution in [2.24, 2.45) is 0 Å². The number of aromatic nitrogens is 4. The van der Waals surface area contributed by atoms with Crippen molar-refractivity contribution in [3.63, 3.8) is 0 Å². The SMILES string of the molecule is c1ccc(-c2nc(-c3ccccc3)nc(-c3ccc4c(c3)oc3cc5c(cc34)oc3cc(-c4ccc6c(c4)c4ccccc4n6-c4ccccc4)ccc35)n2)cc1. The van der Waals surface area contributed by atoms with Crippen molar-refractivity contribution in [2.45, 2.75) is 0 Å². The summed E-state index contributed by atoms with van der Waals surface area (Å²) in [6.45, 7) is 0. The summed E-state index contributed by atoms with van der Waals surface area (Å²) in [5.74, 6) is 1.83. The molecule has 0 saturated heterocycles. The molecule has 57 heavy (non-hydrogen) atoms. The molecule has 0 aliphatic heterocycles. The van der Waals surface area contributed by atoms with E-state index in [9.17, 15) is 0 Å². The van der Waals surface area contributed by atoms with Gasteiger partial charge in [0.2, 0.25) is 0 Å². The predicted molar refractivity (Wildman–Crippen MR) is 230 cm³/mol. The highest BCUT2D eigenvalue weighted by molar-refractivity contribution is 6.16. The molecule has 0 spiro atoms. The lowest BCUT2D eigenvalue weighted by Gasteiger charge is -2.08. The molecule has 0 radical (unpaired) electrons. The van der Waals surface area contributed by atoms with Gasteiger partial charge >= 0.3 is 0 Å². The van der Waals surface area contributed by atoms with Gasteiger partial charge < -0.3 is 13.4 Å². The van der Waals surface area contributed by atoms with Gasteiger partial charge in [0, 0.05) is 54.7 Å². The van der Waals surface area contributed by atoms with Crippen LogP contribution in [0.1, 0.15) is 0 Å². The minimum atomic E-state index is 0.585. The molecule has 0 N–H and O–H groups in total. The zero-order valence-electron chi connectivity index (χ0n) is 30.4. The van der Waals surface area contributed by atoms with E-state index in [1.54, 1.807) is 0 Å². The molecule has 0 aliphatic carbocycles. The molecule has 6 heteroatoms. The largest absolute Gasteiger partial charge is 0.456 e. The minimum Gasteiger partial charge on any atom is -0.456 e. The molecule has 0 bridgehead atoms. The average Bonchev–Trinajstić information content (AvgIpc) is 3.94. The molecule has 12 rings (SSSR count). The van der Waals surface area contributed by atoms with Crippen LogP contribution in [0.25, 0.3) is 117 Å². The first-order valence-electron chi connectivity index (χ1n) is 19.0. The first-order valence-corrected chi connectivity index (χ1v) is 19.0. The van der Waals surface area contributed by atoms with Gasteiger partial charge in [-0.15, -0.1) is 0 Å². The summed E-state index contributed by atoms with van der Waals surface area (Å²) in [5.41, 5.74) is 11.7. The predicted octanol–water partition coefficient (Wildman–Crippen LogP) is 13.4. The van der Waals surface area contributed by atoms with Gasteiger partial charge in [-0.3, -0.25) is 0 Å². The number of nitrogens with zero attached hydrogens (tertiary/aromatic N) is 4. The lowest BCUT2D eigenvalue weighted by atomic mass is 10.0. The van der Waals surface area contributed by atoms with Crippen LogP contribution in [-0.4, -0.2) is 19.5 Å². The summed E-state index contributed by atoms with van der Waals surface area (Å²) in [7, 11) is 0. The summed E-state index contributed by atoms with van der Waals surface area (Å²) in [4.78, 5) is 14.7. The van der Waals surface area contributed by atoms with Crippen LogP contribution in [0.4, 0.5) is 0 Å². The van der Waals surface area contributed by atoms with Gasteiger partial charge in [0.25, 0.3) is 0 Å². The Balaban J connectivity index is 0.938. The van der Waals surface area contributed by atoms with Gasteiger partial charge in [-0.2, -0.15) is 0 Å². The number of benzene rings is 8. The van der Waals surface area contributed by atoms with Crippen LogP contribution in [0.15, 0.2) is 191 Å². The Hall–Kier alpha value is -7.83. The maximum absolute atomic E-state index is 6.59. The Morgan fingerprint density at radius 2 is 0.754 bits per heavy atom. The van der Waals surface area contributed by atoms with Crippen molar-refractivity contribution in [1.29, 1.82) is 0 Å². The Morgan fingerprint density at radius 1 is 0.298 bits per heavy atom. The topological polar surface area (TPSA) is 69.9 Å². The Kier molecular flexibility index (Phi) is 6.83. The lowest BCUT2D eigenvalue weighted by Crippen LogP contribution is -2.00. The quantitative estimate of drug-likeness (QED) is 0.176. The second-order valence-corrected chi connectivity index (χ2v) is 14.4. The third kappa shape index (κ3) is 5.08.